The van der Waals surface area contributed by atoms with Gasteiger partial charge in [-0.25, -0.2) is 4.98 Å². The van der Waals surface area contributed by atoms with Crippen LogP contribution in [-0.2, 0) is 13.5 Å². The first-order valence-corrected chi connectivity index (χ1v) is 5.86. The van der Waals surface area contributed by atoms with Gasteiger partial charge >= 0.3 is 0 Å². The number of hydrogen-bond donors (Lipinski definition) is 1. The number of imidazole rings is 1. The summed E-state index contributed by atoms with van der Waals surface area (Å²) in [6, 6.07) is 6.17. The maximum Gasteiger partial charge on any atom is 0.121 e. The SMILES string of the molecule is COc1ccc2c(c1)nc(CCC(C)N)n2C. The predicted octanol–water partition coefficient (Wildman–Crippen LogP) is 1.86. The molecule has 92 valence electrons. The molecular weight excluding hydrogens is 214 g/mol. The van der Waals surface area contributed by atoms with E-state index in [1.807, 2.05) is 32.2 Å². The molecule has 0 spiro atoms. The maximum atomic E-state index is 5.77. The van der Waals surface area contributed by atoms with E-state index >= 15 is 0 Å². The normalized spacial score (nSPS) is 12.9. The number of hydrogen-bond acceptors (Lipinski definition) is 3. The van der Waals surface area contributed by atoms with E-state index in [4.69, 9.17) is 10.5 Å². The van der Waals surface area contributed by atoms with Gasteiger partial charge in [-0.2, -0.15) is 0 Å². The first kappa shape index (κ1) is 11.9. The molecule has 0 bridgehead atoms. The predicted molar refractivity (Wildman–Crippen MR) is 69.2 cm³/mol. The monoisotopic (exact) mass is 233 g/mol. The fourth-order valence-electron chi connectivity index (χ4n) is 1.94. The number of aryl methyl sites for hydroxylation is 2. The van der Waals surface area contributed by atoms with Crippen LogP contribution in [-0.4, -0.2) is 22.7 Å². The average molecular weight is 233 g/mol. The molecule has 2 rings (SSSR count). The molecule has 1 aromatic heterocycles. The third-order valence-corrected chi connectivity index (χ3v) is 3.00. The van der Waals surface area contributed by atoms with E-state index in [1.54, 1.807) is 7.11 Å². The lowest BCUT2D eigenvalue weighted by molar-refractivity contribution is 0.415. The molecule has 0 radical (unpaired) electrons. The molecule has 2 aromatic rings. The van der Waals surface area contributed by atoms with Crippen LogP contribution in [0.1, 0.15) is 19.2 Å². The van der Waals surface area contributed by atoms with Crippen molar-refractivity contribution < 1.29 is 4.74 Å². The fourth-order valence-corrected chi connectivity index (χ4v) is 1.94. The first-order chi connectivity index (χ1) is 8.11. The number of methoxy groups -OCH3 is 1. The van der Waals surface area contributed by atoms with Gasteiger partial charge in [-0.3, -0.25) is 0 Å². The molecule has 0 saturated heterocycles. The van der Waals surface area contributed by atoms with Crippen molar-refractivity contribution in [2.45, 2.75) is 25.8 Å². The molecule has 17 heavy (non-hydrogen) atoms. The number of aromatic nitrogens is 2. The van der Waals surface area contributed by atoms with Crippen molar-refractivity contribution in [2.24, 2.45) is 12.8 Å². The number of fused-ring (bicyclic) bond motifs is 1. The highest BCUT2D eigenvalue weighted by Gasteiger charge is 2.09. The third kappa shape index (κ3) is 2.42. The summed E-state index contributed by atoms with van der Waals surface area (Å²) in [7, 11) is 3.71. The van der Waals surface area contributed by atoms with E-state index in [0.717, 1.165) is 35.4 Å². The standard InChI is InChI=1S/C13H19N3O/c1-9(14)4-7-13-15-11-8-10(17-3)5-6-12(11)16(13)2/h5-6,8-9H,4,7,14H2,1-3H3. The van der Waals surface area contributed by atoms with Crippen LogP contribution in [0.2, 0.25) is 0 Å². The second kappa shape index (κ2) is 4.75. The Balaban J connectivity index is 2.34. The van der Waals surface area contributed by atoms with Gasteiger partial charge in [0.05, 0.1) is 18.1 Å². The fraction of sp³-hybridized carbons (Fsp3) is 0.462. The number of ether oxygens (including phenoxy) is 1. The topological polar surface area (TPSA) is 53.1 Å². The number of nitrogens with zero attached hydrogens (tertiary/aromatic N) is 2. The van der Waals surface area contributed by atoms with Crippen LogP contribution in [0.5, 0.6) is 5.75 Å². The molecular formula is C13H19N3O. The van der Waals surface area contributed by atoms with Crippen LogP contribution in [0.15, 0.2) is 18.2 Å². The molecule has 2 N–H and O–H groups in total. The summed E-state index contributed by atoms with van der Waals surface area (Å²) in [6.45, 7) is 2.02. The van der Waals surface area contributed by atoms with Gasteiger partial charge in [0.25, 0.3) is 0 Å². The van der Waals surface area contributed by atoms with Crippen LogP contribution in [0, 0.1) is 0 Å². The smallest absolute Gasteiger partial charge is 0.121 e. The van der Waals surface area contributed by atoms with E-state index in [9.17, 15) is 0 Å². The lowest BCUT2D eigenvalue weighted by Gasteiger charge is -2.04. The molecule has 0 amide bonds. The molecule has 0 saturated carbocycles. The maximum absolute atomic E-state index is 5.77. The Morgan fingerprint density at radius 1 is 1.47 bits per heavy atom. The molecule has 4 nitrogen and oxygen atoms in total. The molecule has 1 aromatic carbocycles. The molecule has 4 heteroatoms. The molecule has 1 atom stereocenters. The Morgan fingerprint density at radius 3 is 2.88 bits per heavy atom. The highest BCUT2D eigenvalue weighted by atomic mass is 16.5. The van der Waals surface area contributed by atoms with Crippen LogP contribution < -0.4 is 10.5 Å². The summed E-state index contributed by atoms with van der Waals surface area (Å²) in [4.78, 5) is 4.62. The number of benzene rings is 1. The van der Waals surface area contributed by atoms with E-state index in [1.165, 1.54) is 0 Å². The number of nitrogens with two attached hydrogens (primary N) is 1. The summed E-state index contributed by atoms with van der Waals surface area (Å²) < 4.78 is 7.32. The van der Waals surface area contributed by atoms with Crippen LogP contribution >= 0.6 is 0 Å². The zero-order valence-electron chi connectivity index (χ0n) is 10.6. The summed E-state index contributed by atoms with van der Waals surface area (Å²) in [5, 5.41) is 0. The van der Waals surface area contributed by atoms with E-state index < -0.39 is 0 Å². The van der Waals surface area contributed by atoms with Gasteiger partial charge in [-0.05, 0) is 25.5 Å². The van der Waals surface area contributed by atoms with Crippen LogP contribution in [0.25, 0.3) is 11.0 Å². The van der Waals surface area contributed by atoms with Crippen molar-refractivity contribution in [1.29, 1.82) is 0 Å². The van der Waals surface area contributed by atoms with Crippen molar-refractivity contribution in [2.75, 3.05) is 7.11 Å². The highest BCUT2D eigenvalue weighted by Crippen LogP contribution is 2.21. The molecule has 1 unspecified atom stereocenters. The quantitative estimate of drug-likeness (QED) is 0.877. The van der Waals surface area contributed by atoms with E-state index in [0.29, 0.717) is 0 Å². The molecule has 0 fully saturated rings. The average Bonchev–Trinajstić information content (AvgIpc) is 2.63. The molecule has 0 aliphatic rings. The molecule has 0 aliphatic carbocycles. The minimum Gasteiger partial charge on any atom is -0.497 e. The van der Waals surface area contributed by atoms with Gasteiger partial charge in [-0.15, -0.1) is 0 Å². The van der Waals surface area contributed by atoms with Crippen molar-refractivity contribution >= 4 is 11.0 Å². The largest absolute Gasteiger partial charge is 0.497 e. The summed E-state index contributed by atoms with van der Waals surface area (Å²) in [6.07, 6.45) is 1.86. The van der Waals surface area contributed by atoms with Gasteiger partial charge in [0.1, 0.15) is 11.6 Å². The zero-order valence-corrected chi connectivity index (χ0v) is 10.6. The summed E-state index contributed by atoms with van der Waals surface area (Å²) in [5.74, 6) is 1.92. The van der Waals surface area contributed by atoms with Crippen molar-refractivity contribution in [3.63, 3.8) is 0 Å². The van der Waals surface area contributed by atoms with Crippen molar-refractivity contribution in [1.82, 2.24) is 9.55 Å². The molecule has 1 heterocycles. The van der Waals surface area contributed by atoms with Crippen molar-refractivity contribution in [3.8, 4) is 5.75 Å². The van der Waals surface area contributed by atoms with Gasteiger partial charge in [-0.1, -0.05) is 0 Å². The van der Waals surface area contributed by atoms with E-state index in [-0.39, 0.29) is 6.04 Å². The lowest BCUT2D eigenvalue weighted by atomic mass is 10.2. The zero-order chi connectivity index (χ0) is 12.4. The van der Waals surface area contributed by atoms with Crippen LogP contribution in [0.4, 0.5) is 0 Å². The van der Waals surface area contributed by atoms with Gasteiger partial charge in [0.15, 0.2) is 0 Å². The van der Waals surface area contributed by atoms with Gasteiger partial charge < -0.3 is 15.0 Å². The van der Waals surface area contributed by atoms with Crippen molar-refractivity contribution in [3.05, 3.63) is 24.0 Å². The Labute approximate surface area is 101 Å². The van der Waals surface area contributed by atoms with Crippen LogP contribution in [0.3, 0.4) is 0 Å². The third-order valence-electron chi connectivity index (χ3n) is 3.00. The molecule has 0 aliphatic heterocycles. The second-order valence-corrected chi connectivity index (χ2v) is 4.46. The Bertz CT molecular complexity index is 517. The Kier molecular flexibility index (Phi) is 3.33. The summed E-state index contributed by atoms with van der Waals surface area (Å²) >= 11 is 0. The van der Waals surface area contributed by atoms with E-state index in [2.05, 4.69) is 9.55 Å². The second-order valence-electron chi connectivity index (χ2n) is 4.46. The lowest BCUT2D eigenvalue weighted by Crippen LogP contribution is -2.16. The highest BCUT2D eigenvalue weighted by molar-refractivity contribution is 5.77. The first-order valence-electron chi connectivity index (χ1n) is 5.86. The Morgan fingerprint density at radius 2 is 2.24 bits per heavy atom. The minimum atomic E-state index is 0.212. The summed E-state index contributed by atoms with van der Waals surface area (Å²) in [5.41, 5.74) is 7.88. The minimum absolute atomic E-state index is 0.212. The van der Waals surface area contributed by atoms with Gasteiger partial charge in [0, 0.05) is 25.6 Å². The Hall–Kier alpha value is -1.55. The van der Waals surface area contributed by atoms with Gasteiger partial charge in [0.2, 0.25) is 0 Å². The number of rotatable bonds is 4.